The molecule has 0 bridgehead atoms. The van der Waals surface area contributed by atoms with Crippen LogP contribution < -0.4 is 0 Å². The Balaban J connectivity index is 0.675. The van der Waals surface area contributed by atoms with Crippen LogP contribution in [0.4, 0.5) is 0 Å². The van der Waals surface area contributed by atoms with Gasteiger partial charge < -0.3 is 9.13 Å². The van der Waals surface area contributed by atoms with Gasteiger partial charge in [-0.25, -0.2) is 0 Å². The van der Waals surface area contributed by atoms with Gasteiger partial charge in [-0.3, -0.25) is 0 Å². The van der Waals surface area contributed by atoms with Gasteiger partial charge in [0.1, 0.15) is 0 Å². The molecule has 0 unspecified atom stereocenters. The summed E-state index contributed by atoms with van der Waals surface area (Å²) in [6.45, 7) is 0. The molecule has 19 aromatic carbocycles. The molecule has 2 heterocycles. The summed E-state index contributed by atoms with van der Waals surface area (Å²) in [4.78, 5) is 0. The first-order valence-electron chi connectivity index (χ1n) is 38.7. The van der Waals surface area contributed by atoms with Crippen LogP contribution in [0.25, 0.3) is 210 Å². The maximum absolute atomic E-state index is 2.46. The van der Waals surface area contributed by atoms with Crippen LogP contribution in [0.2, 0.25) is 0 Å². The van der Waals surface area contributed by atoms with Gasteiger partial charge in [0, 0.05) is 32.9 Å². The molecule has 21 rings (SSSR count). The Kier molecular flexibility index (Phi) is 16.3. The normalized spacial score (nSPS) is 11.6. The Labute approximate surface area is 651 Å². The molecule has 0 aliphatic carbocycles. The van der Waals surface area contributed by atoms with Gasteiger partial charge >= 0.3 is 0 Å². The van der Waals surface area contributed by atoms with Crippen molar-refractivity contribution >= 4 is 65.2 Å². The smallest absolute Gasteiger partial charge is 0.0541 e. The number of hydrogen-bond donors (Lipinski definition) is 0. The summed E-state index contributed by atoms with van der Waals surface area (Å²) in [5, 5.41) is 9.65. The Hall–Kier alpha value is -14.7. The van der Waals surface area contributed by atoms with Gasteiger partial charge in [0.05, 0.1) is 22.1 Å². The average Bonchev–Trinajstić information content (AvgIpc) is 1.47. The first kappa shape index (κ1) is 65.6. The molecule has 0 spiro atoms. The lowest BCUT2D eigenvalue weighted by Gasteiger charge is -2.20. The van der Waals surface area contributed by atoms with Crippen LogP contribution in [0.1, 0.15) is 0 Å². The maximum Gasteiger partial charge on any atom is 0.0541 e. The van der Waals surface area contributed by atoms with E-state index in [1.165, 1.54) is 154 Å². The molecule has 0 fully saturated rings. The minimum Gasteiger partial charge on any atom is -0.309 e. The molecule has 112 heavy (non-hydrogen) atoms. The van der Waals surface area contributed by atoms with Crippen LogP contribution in [-0.4, -0.2) is 9.13 Å². The average molecular weight is 1420 g/mol. The summed E-state index contributed by atoms with van der Waals surface area (Å²) in [6.07, 6.45) is 0. The Morgan fingerprint density at radius 2 is 0.312 bits per heavy atom. The van der Waals surface area contributed by atoms with Crippen molar-refractivity contribution in [3.8, 4) is 145 Å². The van der Waals surface area contributed by atoms with Crippen molar-refractivity contribution in [1.29, 1.82) is 0 Å². The molecule has 0 saturated heterocycles. The van der Waals surface area contributed by atoms with Crippen LogP contribution in [0.15, 0.2) is 437 Å². The molecule has 0 saturated carbocycles. The Morgan fingerprint density at radius 1 is 0.116 bits per heavy atom. The van der Waals surface area contributed by atoms with Crippen LogP contribution in [-0.2, 0) is 0 Å². The zero-order valence-corrected chi connectivity index (χ0v) is 61.5. The lowest BCUT2D eigenvalue weighted by atomic mass is 9.84. The number of rotatable bonds is 14. The van der Waals surface area contributed by atoms with Crippen molar-refractivity contribution in [3.05, 3.63) is 437 Å². The van der Waals surface area contributed by atoms with Crippen LogP contribution in [0.3, 0.4) is 0 Å². The number of nitrogens with zero attached hydrogens (tertiary/aromatic N) is 2. The summed E-state index contributed by atoms with van der Waals surface area (Å²) >= 11 is 0. The van der Waals surface area contributed by atoms with Gasteiger partial charge in [0.15, 0.2) is 0 Å². The highest BCUT2D eigenvalue weighted by Gasteiger charge is 2.23. The van der Waals surface area contributed by atoms with Crippen LogP contribution in [0.5, 0.6) is 0 Å². The zero-order valence-electron chi connectivity index (χ0n) is 61.5. The summed E-state index contributed by atoms with van der Waals surface area (Å²) in [5.74, 6) is 0. The third-order valence-corrected chi connectivity index (χ3v) is 23.0. The molecule has 2 nitrogen and oxygen atoms in total. The second-order valence-electron chi connectivity index (χ2n) is 29.3. The van der Waals surface area contributed by atoms with Crippen LogP contribution in [0, 0.1) is 0 Å². The lowest BCUT2D eigenvalue weighted by molar-refractivity contribution is 1.18. The van der Waals surface area contributed by atoms with Gasteiger partial charge in [0.25, 0.3) is 0 Å². The van der Waals surface area contributed by atoms with Crippen molar-refractivity contribution in [2.45, 2.75) is 0 Å². The first-order chi connectivity index (χ1) is 55.6. The van der Waals surface area contributed by atoms with Gasteiger partial charge in [-0.15, -0.1) is 0 Å². The van der Waals surface area contributed by atoms with E-state index < -0.39 is 0 Å². The molecule has 0 N–H and O–H groups in total. The minimum absolute atomic E-state index is 1.10. The minimum atomic E-state index is 1.10. The summed E-state index contributed by atoms with van der Waals surface area (Å²) < 4.78 is 4.92. The fraction of sp³-hybridized carbons (Fsp3) is 0. The fourth-order valence-electron chi connectivity index (χ4n) is 17.7. The topological polar surface area (TPSA) is 9.86 Å². The molecular formula is C110H72N2. The largest absolute Gasteiger partial charge is 0.309 e. The highest BCUT2D eigenvalue weighted by atomic mass is 15.0. The molecular weight excluding hydrogens is 1350 g/mol. The highest BCUT2D eigenvalue weighted by Crippen LogP contribution is 2.49. The Morgan fingerprint density at radius 3 is 0.562 bits per heavy atom. The zero-order chi connectivity index (χ0) is 74.0. The van der Waals surface area contributed by atoms with Gasteiger partial charge in [0.2, 0.25) is 0 Å². The molecule has 0 amide bonds. The summed E-state index contributed by atoms with van der Waals surface area (Å²) in [5.41, 5.74) is 35.4. The SMILES string of the molecule is c1ccc(-c2ccccc2-c2ccc3c(c2)c2cc(-c4ccccc4-c4ccccc4)ccc2n3-c2ccc(-c3ccc4c(-c5ccccc5)c5cc(-c6ccc(-n7c8ccc(-c9ccccc9-c9ccccc9)cc8c8cc(-c9ccccc9-c9ccccc9)ccc87)cc6)ccc5c(-c5ccccc5)c4c3)cc2)cc1. The van der Waals surface area contributed by atoms with E-state index >= 15 is 0 Å². The van der Waals surface area contributed by atoms with Gasteiger partial charge in [-0.05, 0) is 240 Å². The van der Waals surface area contributed by atoms with E-state index in [0.717, 1.165) is 55.7 Å². The molecule has 0 radical (unpaired) electrons. The molecule has 2 aromatic heterocycles. The fourth-order valence-corrected chi connectivity index (χ4v) is 17.7. The number of hydrogen-bond acceptors (Lipinski definition) is 0. The number of fused-ring (bicyclic) bond motifs is 8. The molecule has 0 atom stereocenters. The third kappa shape index (κ3) is 11.5. The molecule has 21 aromatic rings. The van der Waals surface area contributed by atoms with E-state index in [-0.39, 0.29) is 0 Å². The quantitative estimate of drug-likeness (QED) is 0.0961. The monoisotopic (exact) mass is 1420 g/mol. The second-order valence-corrected chi connectivity index (χ2v) is 29.3. The summed E-state index contributed by atoms with van der Waals surface area (Å²) in [6, 6.07) is 161. The number of aromatic nitrogens is 2. The Bertz CT molecular complexity index is 6450. The van der Waals surface area contributed by atoms with Gasteiger partial charge in [-0.2, -0.15) is 0 Å². The predicted octanol–water partition coefficient (Wildman–Crippen LogP) is 30.2. The van der Waals surface area contributed by atoms with E-state index in [1.807, 2.05) is 0 Å². The van der Waals surface area contributed by atoms with Crippen molar-refractivity contribution in [1.82, 2.24) is 9.13 Å². The molecule has 0 aliphatic heterocycles. The second kappa shape index (κ2) is 27.8. The van der Waals surface area contributed by atoms with Crippen LogP contribution >= 0.6 is 0 Å². The predicted molar refractivity (Wildman–Crippen MR) is 475 cm³/mol. The van der Waals surface area contributed by atoms with E-state index in [1.54, 1.807) is 0 Å². The standard InChI is InChI=1S/C110H72N2/c1-7-27-75(28-8-1)89-39-19-23-43-93(89)83-53-63-105-99(69-83)100-70-84(94-44-24-20-40-90(94)76-29-9-2-10-30-76)54-64-106(100)111(105)87-57-47-73(48-58-87)81-51-61-97-103(67-81)109(79-35-15-5-16-36-79)98-62-52-82(68-104(98)110(97)80-37-17-6-18-38-80)74-49-59-88(60-50-74)112-107-65-55-85(95-45-25-21-41-91(95)77-31-11-3-12-32-77)71-101(107)102-72-86(56-66-108(102)112)96-46-26-22-42-92(96)78-33-13-4-14-34-78/h1-72H. The van der Waals surface area contributed by atoms with E-state index in [2.05, 4.69) is 446 Å². The summed E-state index contributed by atoms with van der Waals surface area (Å²) in [7, 11) is 0. The van der Waals surface area contributed by atoms with Gasteiger partial charge in [-0.1, -0.05) is 352 Å². The molecule has 0 aliphatic rings. The third-order valence-electron chi connectivity index (χ3n) is 23.0. The first-order valence-corrected chi connectivity index (χ1v) is 38.7. The van der Waals surface area contributed by atoms with E-state index in [9.17, 15) is 0 Å². The highest BCUT2D eigenvalue weighted by molar-refractivity contribution is 6.23. The lowest BCUT2D eigenvalue weighted by Crippen LogP contribution is -1.95. The van der Waals surface area contributed by atoms with Crippen molar-refractivity contribution in [2.24, 2.45) is 0 Å². The van der Waals surface area contributed by atoms with Crippen molar-refractivity contribution in [3.63, 3.8) is 0 Å². The maximum atomic E-state index is 2.46. The molecule has 2 heteroatoms. The number of benzene rings is 19. The molecule has 522 valence electrons. The van der Waals surface area contributed by atoms with E-state index in [4.69, 9.17) is 0 Å². The van der Waals surface area contributed by atoms with Crippen molar-refractivity contribution < 1.29 is 0 Å². The van der Waals surface area contributed by atoms with E-state index in [0.29, 0.717) is 0 Å². The van der Waals surface area contributed by atoms with Crippen molar-refractivity contribution in [2.75, 3.05) is 0 Å².